The summed E-state index contributed by atoms with van der Waals surface area (Å²) in [7, 11) is 0. The molecule has 27 heavy (non-hydrogen) atoms. The number of benzene rings is 2. The number of nitrogens with one attached hydrogen (secondary N) is 3. The molecule has 0 saturated carbocycles. The van der Waals surface area contributed by atoms with Crippen LogP contribution >= 0.6 is 0 Å². The maximum Gasteiger partial charge on any atom is 0.319 e. The van der Waals surface area contributed by atoms with Crippen molar-refractivity contribution >= 4 is 11.7 Å². The molecule has 0 aromatic heterocycles. The van der Waals surface area contributed by atoms with Gasteiger partial charge in [-0.1, -0.05) is 36.4 Å². The standard InChI is InChI=1S/C22H26FN3O/c23-17-8-4-9-18(12-17)24-22(27)25-19-13-20-10-5-11-21(14-19)26(20)15-16-6-2-1-3-7-16/h1-4,6-9,12,19-21H,5,10-11,13-15H2,(H2,24,25,27)/p+1/t19?,20-,21+. The van der Waals surface area contributed by atoms with Crippen molar-refractivity contribution < 1.29 is 14.1 Å². The minimum atomic E-state index is -0.347. The highest BCUT2D eigenvalue weighted by Crippen LogP contribution is 2.23. The number of rotatable bonds is 4. The molecule has 0 aliphatic carbocycles. The minimum absolute atomic E-state index is 0.188. The summed E-state index contributed by atoms with van der Waals surface area (Å²) in [5.74, 6) is -0.347. The molecule has 2 heterocycles. The van der Waals surface area contributed by atoms with Gasteiger partial charge in [0, 0.05) is 30.1 Å². The zero-order valence-corrected chi connectivity index (χ0v) is 15.5. The van der Waals surface area contributed by atoms with Crippen molar-refractivity contribution in [3.8, 4) is 0 Å². The SMILES string of the molecule is O=C(Nc1cccc(F)c1)NC1C[C@H]2CCC[C@@H](C1)[NH+]2Cc1ccccc1. The van der Waals surface area contributed by atoms with E-state index in [9.17, 15) is 9.18 Å². The summed E-state index contributed by atoms with van der Waals surface area (Å²) >= 11 is 0. The Balaban J connectivity index is 1.36. The van der Waals surface area contributed by atoms with Gasteiger partial charge in [0.05, 0.1) is 12.1 Å². The Bertz CT molecular complexity index is 768. The summed E-state index contributed by atoms with van der Waals surface area (Å²) in [6.45, 7) is 1.07. The van der Waals surface area contributed by atoms with Crippen LogP contribution in [-0.4, -0.2) is 24.2 Å². The molecule has 4 atom stereocenters. The Kier molecular flexibility index (Phi) is 5.39. The third-order valence-electron chi connectivity index (χ3n) is 5.96. The second-order valence-electron chi connectivity index (χ2n) is 7.84. The molecular weight excluding hydrogens is 341 g/mol. The van der Waals surface area contributed by atoms with Crippen LogP contribution < -0.4 is 15.5 Å². The summed E-state index contributed by atoms with van der Waals surface area (Å²) in [4.78, 5) is 14.0. The molecule has 0 spiro atoms. The van der Waals surface area contributed by atoms with Crippen molar-refractivity contribution in [2.75, 3.05) is 5.32 Å². The molecule has 2 saturated heterocycles. The molecule has 2 bridgehead atoms. The summed E-state index contributed by atoms with van der Waals surface area (Å²) in [6.07, 6.45) is 5.75. The molecule has 2 aliphatic heterocycles. The van der Waals surface area contributed by atoms with E-state index in [1.165, 1.54) is 37.0 Å². The van der Waals surface area contributed by atoms with Crippen LogP contribution in [0, 0.1) is 5.82 Å². The number of hydrogen-bond acceptors (Lipinski definition) is 1. The van der Waals surface area contributed by atoms with E-state index in [0.717, 1.165) is 19.4 Å². The van der Waals surface area contributed by atoms with Crippen LogP contribution in [0.3, 0.4) is 0 Å². The third-order valence-corrected chi connectivity index (χ3v) is 5.96. The fourth-order valence-electron chi connectivity index (χ4n) is 4.79. The van der Waals surface area contributed by atoms with Crippen molar-refractivity contribution in [1.82, 2.24) is 5.32 Å². The molecule has 0 radical (unpaired) electrons. The fraction of sp³-hybridized carbons (Fsp3) is 0.409. The quantitative estimate of drug-likeness (QED) is 0.763. The number of hydrogen-bond donors (Lipinski definition) is 3. The number of quaternary nitrogens is 1. The number of carbonyl (C=O) groups is 1. The highest BCUT2D eigenvalue weighted by molar-refractivity contribution is 5.89. The van der Waals surface area contributed by atoms with Crippen LogP contribution in [0.2, 0.25) is 0 Å². The number of fused-ring (bicyclic) bond motifs is 2. The zero-order valence-electron chi connectivity index (χ0n) is 15.5. The van der Waals surface area contributed by atoms with E-state index in [-0.39, 0.29) is 17.9 Å². The molecule has 2 unspecified atom stereocenters. The van der Waals surface area contributed by atoms with E-state index in [0.29, 0.717) is 17.8 Å². The first kappa shape index (κ1) is 18.0. The van der Waals surface area contributed by atoms with Crippen LogP contribution in [0.4, 0.5) is 14.9 Å². The number of halogens is 1. The van der Waals surface area contributed by atoms with Crippen molar-refractivity contribution in [3.63, 3.8) is 0 Å². The molecule has 3 N–H and O–H groups in total. The molecule has 2 aromatic rings. The molecule has 2 amide bonds. The molecule has 142 valence electrons. The van der Waals surface area contributed by atoms with Crippen molar-refractivity contribution in [1.29, 1.82) is 0 Å². The zero-order chi connectivity index (χ0) is 18.6. The van der Waals surface area contributed by atoms with Gasteiger partial charge in [0.1, 0.15) is 12.4 Å². The largest absolute Gasteiger partial charge is 0.335 e. The average Bonchev–Trinajstić information content (AvgIpc) is 2.63. The van der Waals surface area contributed by atoms with Gasteiger partial charge in [-0.3, -0.25) is 0 Å². The number of piperidine rings is 2. The predicted molar refractivity (Wildman–Crippen MR) is 104 cm³/mol. The van der Waals surface area contributed by atoms with Gasteiger partial charge in [-0.2, -0.15) is 0 Å². The van der Waals surface area contributed by atoms with Gasteiger partial charge in [-0.25, -0.2) is 9.18 Å². The van der Waals surface area contributed by atoms with Gasteiger partial charge in [-0.15, -0.1) is 0 Å². The average molecular weight is 368 g/mol. The normalized spacial score (nSPS) is 27.0. The van der Waals surface area contributed by atoms with Gasteiger partial charge in [0.2, 0.25) is 0 Å². The first-order valence-corrected chi connectivity index (χ1v) is 9.90. The van der Waals surface area contributed by atoms with E-state index in [1.807, 2.05) is 0 Å². The van der Waals surface area contributed by atoms with Crippen molar-refractivity contribution in [2.45, 2.75) is 56.8 Å². The molecule has 5 heteroatoms. The minimum Gasteiger partial charge on any atom is -0.335 e. The molecule has 2 aromatic carbocycles. The number of carbonyl (C=O) groups excluding carboxylic acids is 1. The second kappa shape index (κ2) is 8.09. The number of amides is 2. The summed E-state index contributed by atoms with van der Waals surface area (Å²) in [6, 6.07) is 17.8. The Morgan fingerprint density at radius 3 is 2.48 bits per heavy atom. The lowest BCUT2D eigenvalue weighted by Crippen LogP contribution is -3.20. The Hall–Kier alpha value is -2.40. The summed E-state index contributed by atoms with van der Waals surface area (Å²) < 4.78 is 13.3. The third kappa shape index (κ3) is 4.48. The van der Waals surface area contributed by atoms with Crippen LogP contribution in [0.25, 0.3) is 0 Å². The first-order valence-electron chi connectivity index (χ1n) is 9.90. The smallest absolute Gasteiger partial charge is 0.319 e. The van der Waals surface area contributed by atoms with Crippen molar-refractivity contribution in [2.24, 2.45) is 0 Å². The van der Waals surface area contributed by atoms with Crippen molar-refractivity contribution in [3.05, 3.63) is 66.0 Å². The van der Waals surface area contributed by atoms with Crippen LogP contribution in [0.5, 0.6) is 0 Å². The summed E-state index contributed by atoms with van der Waals surface area (Å²) in [5.41, 5.74) is 1.87. The Morgan fingerprint density at radius 1 is 1.04 bits per heavy atom. The molecule has 2 fully saturated rings. The topological polar surface area (TPSA) is 45.6 Å². The first-order chi connectivity index (χ1) is 13.2. The van der Waals surface area contributed by atoms with E-state index in [4.69, 9.17) is 0 Å². The molecule has 2 aliphatic rings. The van der Waals surface area contributed by atoms with E-state index in [2.05, 4.69) is 41.0 Å². The molecule has 4 rings (SSSR count). The lowest BCUT2D eigenvalue weighted by molar-refractivity contribution is -0.973. The van der Waals surface area contributed by atoms with Crippen LogP contribution in [-0.2, 0) is 6.54 Å². The van der Waals surface area contributed by atoms with E-state index >= 15 is 0 Å². The second-order valence-corrected chi connectivity index (χ2v) is 7.84. The maximum absolute atomic E-state index is 13.3. The van der Waals surface area contributed by atoms with Crippen LogP contribution in [0.15, 0.2) is 54.6 Å². The van der Waals surface area contributed by atoms with Gasteiger partial charge < -0.3 is 15.5 Å². The fourth-order valence-corrected chi connectivity index (χ4v) is 4.79. The van der Waals surface area contributed by atoms with Crippen LogP contribution in [0.1, 0.15) is 37.7 Å². The van der Waals surface area contributed by atoms with E-state index in [1.54, 1.807) is 17.0 Å². The van der Waals surface area contributed by atoms with E-state index < -0.39 is 0 Å². The summed E-state index contributed by atoms with van der Waals surface area (Å²) in [5, 5.41) is 5.86. The van der Waals surface area contributed by atoms with Gasteiger partial charge in [-0.05, 0) is 37.5 Å². The lowest BCUT2D eigenvalue weighted by atomic mass is 9.81. The Morgan fingerprint density at radius 2 is 1.78 bits per heavy atom. The van der Waals surface area contributed by atoms with Gasteiger partial charge in [0.15, 0.2) is 0 Å². The predicted octanol–water partition coefficient (Wildman–Crippen LogP) is 3.12. The monoisotopic (exact) mass is 368 g/mol. The number of urea groups is 1. The number of anilines is 1. The Labute approximate surface area is 159 Å². The maximum atomic E-state index is 13.3. The lowest BCUT2D eigenvalue weighted by Gasteiger charge is -2.46. The highest BCUT2D eigenvalue weighted by Gasteiger charge is 2.42. The highest BCUT2D eigenvalue weighted by atomic mass is 19.1. The van der Waals surface area contributed by atoms with Gasteiger partial charge in [0.25, 0.3) is 0 Å². The van der Waals surface area contributed by atoms with Gasteiger partial charge >= 0.3 is 6.03 Å². The molecule has 4 nitrogen and oxygen atoms in total. The molecular formula is C22H27FN3O+.